The average Bonchev–Trinajstić information content (AvgIpc) is 3.60. The summed E-state index contributed by atoms with van der Waals surface area (Å²) in [6, 6.07) is 18.5. The molecule has 158 valence electrons. The van der Waals surface area contributed by atoms with Crippen molar-refractivity contribution in [1.29, 1.82) is 0 Å². The van der Waals surface area contributed by atoms with E-state index in [9.17, 15) is 4.79 Å². The summed E-state index contributed by atoms with van der Waals surface area (Å²) in [4.78, 5) is 16.6. The fourth-order valence-corrected chi connectivity index (χ4v) is 4.92. The average molecular weight is 405 g/mol. The van der Waals surface area contributed by atoms with E-state index in [1.54, 1.807) is 0 Å². The van der Waals surface area contributed by atoms with Crippen molar-refractivity contribution in [1.82, 2.24) is 4.90 Å². The zero-order valence-electron chi connectivity index (χ0n) is 17.9. The van der Waals surface area contributed by atoms with Crippen LogP contribution in [0.25, 0.3) is 0 Å². The van der Waals surface area contributed by atoms with Gasteiger partial charge in [0.15, 0.2) is 0 Å². The molecule has 3 aliphatic rings. The highest BCUT2D eigenvalue weighted by Gasteiger charge is 2.29. The second kappa shape index (κ2) is 8.43. The van der Waals surface area contributed by atoms with Crippen LogP contribution in [0, 0.1) is 5.92 Å². The van der Waals surface area contributed by atoms with Crippen molar-refractivity contribution in [2.75, 3.05) is 38.2 Å². The van der Waals surface area contributed by atoms with Crippen molar-refractivity contribution in [2.24, 2.45) is 5.92 Å². The van der Waals surface area contributed by atoms with Crippen molar-refractivity contribution in [2.45, 2.75) is 44.1 Å². The van der Waals surface area contributed by atoms with E-state index in [2.05, 4.69) is 58.3 Å². The summed E-state index contributed by atoms with van der Waals surface area (Å²) in [6.45, 7) is 5.14. The Morgan fingerprint density at radius 2 is 1.47 bits per heavy atom. The van der Waals surface area contributed by atoms with Gasteiger partial charge in [0.25, 0.3) is 0 Å². The fraction of sp³-hybridized carbons (Fsp3) is 0.500. The van der Waals surface area contributed by atoms with Crippen LogP contribution < -0.4 is 4.90 Å². The van der Waals surface area contributed by atoms with Crippen molar-refractivity contribution in [3.63, 3.8) is 0 Å². The van der Waals surface area contributed by atoms with Gasteiger partial charge in [-0.1, -0.05) is 36.4 Å². The lowest BCUT2D eigenvalue weighted by atomic mass is 9.90. The first-order chi connectivity index (χ1) is 14.7. The summed E-state index contributed by atoms with van der Waals surface area (Å²) in [5.74, 6) is 1.51. The van der Waals surface area contributed by atoms with Gasteiger partial charge in [0.05, 0.1) is 13.0 Å². The monoisotopic (exact) mass is 404 g/mol. The number of anilines is 1. The minimum atomic E-state index is -0.0487. The number of benzene rings is 2. The lowest BCUT2D eigenvalue weighted by Gasteiger charge is -2.41. The van der Waals surface area contributed by atoms with Crippen molar-refractivity contribution < 1.29 is 9.53 Å². The first kappa shape index (κ1) is 19.6. The summed E-state index contributed by atoms with van der Waals surface area (Å²) in [5.41, 5.74) is 5.69. The topological polar surface area (TPSA) is 32.8 Å². The Labute approximate surface area is 179 Å². The normalized spacial score (nSPS) is 20.8. The summed E-state index contributed by atoms with van der Waals surface area (Å²) in [6.07, 6.45) is 4.55. The number of ether oxygens (including phenoxy) is 1. The van der Waals surface area contributed by atoms with Gasteiger partial charge in [-0.3, -0.25) is 9.69 Å². The van der Waals surface area contributed by atoms with Crippen LogP contribution in [0.5, 0.6) is 0 Å². The van der Waals surface area contributed by atoms with Crippen molar-refractivity contribution in [3.8, 4) is 0 Å². The third-order valence-corrected chi connectivity index (χ3v) is 7.17. The Kier molecular flexibility index (Phi) is 5.51. The van der Waals surface area contributed by atoms with E-state index >= 15 is 0 Å². The number of hydrogen-bond acceptors (Lipinski definition) is 4. The highest BCUT2D eigenvalue weighted by atomic mass is 16.5. The summed E-state index contributed by atoms with van der Waals surface area (Å²) < 4.78 is 4.89. The smallest absolute Gasteiger partial charge is 0.308 e. The molecule has 0 aromatic heterocycles. The zero-order chi connectivity index (χ0) is 20.5. The molecule has 1 saturated carbocycles. The van der Waals surface area contributed by atoms with Crippen molar-refractivity contribution in [3.05, 3.63) is 65.2 Å². The highest BCUT2D eigenvalue weighted by Crippen LogP contribution is 2.41. The maximum Gasteiger partial charge on any atom is 0.308 e. The van der Waals surface area contributed by atoms with E-state index in [1.165, 1.54) is 42.3 Å². The maximum absolute atomic E-state index is 11.7. The van der Waals surface area contributed by atoms with Crippen LogP contribution in [0.3, 0.4) is 0 Å². The van der Waals surface area contributed by atoms with Gasteiger partial charge < -0.3 is 9.64 Å². The molecule has 5 rings (SSSR count). The molecule has 4 heteroatoms. The Hall–Kier alpha value is -2.33. The second-order valence-corrected chi connectivity index (χ2v) is 9.28. The fourth-order valence-electron chi connectivity index (χ4n) is 4.92. The second-order valence-electron chi connectivity index (χ2n) is 9.28. The van der Waals surface area contributed by atoms with Crippen molar-refractivity contribution >= 4 is 11.7 Å². The number of carbonyl (C=O) groups excluding carboxylic acids is 1. The Morgan fingerprint density at radius 1 is 0.867 bits per heavy atom. The molecule has 2 aromatic carbocycles. The zero-order valence-corrected chi connectivity index (χ0v) is 17.9. The summed E-state index contributed by atoms with van der Waals surface area (Å²) in [5, 5.41) is 0. The van der Waals surface area contributed by atoms with Gasteiger partial charge in [-0.2, -0.15) is 0 Å². The third kappa shape index (κ3) is 4.24. The molecule has 2 aromatic rings. The van der Waals surface area contributed by atoms with E-state index in [1.807, 2.05) is 0 Å². The molecule has 2 aliphatic heterocycles. The van der Waals surface area contributed by atoms with Crippen LogP contribution in [0.4, 0.5) is 5.69 Å². The SMILES string of the molecule is COC(=O)C1CCN(Cc2ccc(C3CN(c4ccc(C5CC5)cc4)C3)cc2)CC1. The predicted octanol–water partition coefficient (Wildman–Crippen LogP) is 4.55. The van der Waals surface area contributed by atoms with E-state index in [0.29, 0.717) is 5.92 Å². The van der Waals surface area contributed by atoms with E-state index in [-0.39, 0.29) is 11.9 Å². The molecule has 3 fully saturated rings. The number of methoxy groups -OCH3 is 1. The Bertz CT molecular complexity index is 859. The first-order valence-corrected chi connectivity index (χ1v) is 11.4. The van der Waals surface area contributed by atoms with Crippen LogP contribution in [-0.4, -0.2) is 44.2 Å². The number of esters is 1. The molecule has 30 heavy (non-hydrogen) atoms. The lowest BCUT2D eigenvalue weighted by molar-refractivity contribution is -0.147. The number of carbonyl (C=O) groups is 1. The molecule has 0 radical (unpaired) electrons. The molecule has 2 heterocycles. The van der Waals surface area contributed by atoms with Crippen LogP contribution >= 0.6 is 0 Å². The predicted molar refractivity (Wildman–Crippen MR) is 120 cm³/mol. The minimum Gasteiger partial charge on any atom is -0.469 e. The number of nitrogens with zero attached hydrogens (tertiary/aromatic N) is 2. The van der Waals surface area contributed by atoms with E-state index < -0.39 is 0 Å². The molecule has 0 unspecified atom stereocenters. The molecule has 0 N–H and O–H groups in total. The third-order valence-electron chi connectivity index (χ3n) is 7.17. The van der Waals surface area contributed by atoms with E-state index in [4.69, 9.17) is 4.74 Å². The lowest BCUT2D eigenvalue weighted by Crippen LogP contribution is -2.45. The standard InChI is InChI=1S/C26H32N2O2/c1-30-26(29)23-12-14-27(15-13-23)16-19-2-4-22(5-3-19)24-17-28(18-24)25-10-8-21(9-11-25)20-6-7-20/h2-5,8-11,20,23-24H,6-7,12-18H2,1H3. The van der Waals surface area contributed by atoms with Gasteiger partial charge in [-0.15, -0.1) is 0 Å². The van der Waals surface area contributed by atoms with Gasteiger partial charge >= 0.3 is 5.97 Å². The largest absolute Gasteiger partial charge is 0.469 e. The molecular weight excluding hydrogens is 372 g/mol. The first-order valence-electron chi connectivity index (χ1n) is 11.4. The summed E-state index contributed by atoms with van der Waals surface area (Å²) >= 11 is 0. The van der Waals surface area contributed by atoms with Crippen LogP contribution in [0.15, 0.2) is 48.5 Å². The van der Waals surface area contributed by atoms with Gasteiger partial charge in [0.2, 0.25) is 0 Å². The number of piperidine rings is 1. The van der Waals surface area contributed by atoms with Gasteiger partial charge in [0, 0.05) is 31.2 Å². The molecule has 0 amide bonds. The van der Waals surface area contributed by atoms with Gasteiger partial charge in [-0.25, -0.2) is 0 Å². The summed E-state index contributed by atoms with van der Waals surface area (Å²) in [7, 11) is 1.49. The molecule has 0 atom stereocenters. The van der Waals surface area contributed by atoms with E-state index in [0.717, 1.165) is 51.5 Å². The maximum atomic E-state index is 11.7. The number of rotatable bonds is 6. The van der Waals surface area contributed by atoms with Crippen LogP contribution in [-0.2, 0) is 16.1 Å². The quantitative estimate of drug-likeness (QED) is 0.661. The molecule has 4 nitrogen and oxygen atoms in total. The Morgan fingerprint density at radius 3 is 2.07 bits per heavy atom. The van der Waals surface area contributed by atoms with Gasteiger partial charge in [0.1, 0.15) is 0 Å². The molecule has 2 saturated heterocycles. The molecule has 0 spiro atoms. The van der Waals surface area contributed by atoms with Gasteiger partial charge in [-0.05, 0) is 73.5 Å². The molecular formula is C26H32N2O2. The molecule has 0 bridgehead atoms. The minimum absolute atomic E-state index is 0.0487. The number of hydrogen-bond donors (Lipinski definition) is 0. The highest BCUT2D eigenvalue weighted by molar-refractivity contribution is 5.72. The van der Waals surface area contributed by atoms with Crippen LogP contribution in [0.2, 0.25) is 0 Å². The Balaban J connectivity index is 1.10. The van der Waals surface area contributed by atoms with Crippen LogP contribution in [0.1, 0.15) is 54.2 Å². The molecule has 1 aliphatic carbocycles. The number of likely N-dealkylation sites (tertiary alicyclic amines) is 1.